The van der Waals surface area contributed by atoms with Gasteiger partial charge in [-0.2, -0.15) is 0 Å². The quantitative estimate of drug-likeness (QED) is 0.700. The van der Waals surface area contributed by atoms with E-state index >= 15 is 0 Å². The third kappa shape index (κ3) is 3.98. The van der Waals surface area contributed by atoms with Gasteiger partial charge < -0.3 is 10.2 Å². The van der Waals surface area contributed by atoms with E-state index in [0.717, 1.165) is 20.3 Å². The van der Waals surface area contributed by atoms with Gasteiger partial charge >= 0.3 is 0 Å². The number of benzene rings is 2. The van der Waals surface area contributed by atoms with Gasteiger partial charge in [0.15, 0.2) is 0 Å². The zero-order valence-electron chi connectivity index (χ0n) is 12.1. The maximum Gasteiger partial charge on any atom is 0.129 e. The van der Waals surface area contributed by atoms with Crippen molar-refractivity contribution in [2.75, 3.05) is 24.3 Å². The molecule has 2 nitrogen and oxygen atoms in total. The van der Waals surface area contributed by atoms with Crippen LogP contribution >= 0.6 is 31.9 Å². The highest BCUT2D eigenvalue weighted by Gasteiger charge is 2.14. The summed E-state index contributed by atoms with van der Waals surface area (Å²) in [6.45, 7) is 1.95. The van der Waals surface area contributed by atoms with Crippen molar-refractivity contribution in [3.63, 3.8) is 0 Å². The summed E-state index contributed by atoms with van der Waals surface area (Å²) in [7, 11) is 3.97. The van der Waals surface area contributed by atoms with Crippen LogP contribution in [0, 0.1) is 5.82 Å². The zero-order chi connectivity index (χ0) is 15.6. The Bertz CT molecular complexity index is 644. The van der Waals surface area contributed by atoms with Gasteiger partial charge in [0.25, 0.3) is 0 Å². The lowest BCUT2D eigenvalue weighted by molar-refractivity contribution is 0.599. The molecule has 0 amide bonds. The molecule has 0 bridgehead atoms. The average molecular weight is 416 g/mol. The van der Waals surface area contributed by atoms with E-state index in [-0.39, 0.29) is 11.9 Å². The Kier molecular flexibility index (Phi) is 5.27. The van der Waals surface area contributed by atoms with E-state index in [4.69, 9.17) is 0 Å². The Balaban J connectivity index is 2.31. The van der Waals surface area contributed by atoms with Crippen molar-refractivity contribution in [2.45, 2.75) is 13.0 Å². The highest BCUT2D eigenvalue weighted by Crippen LogP contribution is 2.32. The summed E-state index contributed by atoms with van der Waals surface area (Å²) in [6.07, 6.45) is 0. The van der Waals surface area contributed by atoms with Crippen LogP contribution < -0.4 is 10.2 Å². The molecule has 0 saturated carbocycles. The van der Waals surface area contributed by atoms with E-state index < -0.39 is 0 Å². The first-order valence-electron chi connectivity index (χ1n) is 6.57. The Morgan fingerprint density at radius 3 is 2.29 bits per heavy atom. The maximum absolute atomic E-state index is 14.1. The number of hydrogen-bond acceptors (Lipinski definition) is 2. The summed E-state index contributed by atoms with van der Waals surface area (Å²) in [6, 6.07) is 11.0. The van der Waals surface area contributed by atoms with Crippen LogP contribution in [-0.2, 0) is 0 Å². The van der Waals surface area contributed by atoms with E-state index in [1.807, 2.05) is 50.2 Å². The second-order valence-corrected chi connectivity index (χ2v) is 6.92. The number of rotatable bonds is 4. The molecule has 0 aliphatic carbocycles. The molecular weight excluding hydrogens is 399 g/mol. The van der Waals surface area contributed by atoms with Crippen molar-refractivity contribution in [1.29, 1.82) is 0 Å². The molecule has 2 aromatic rings. The van der Waals surface area contributed by atoms with Gasteiger partial charge in [0, 0.05) is 28.6 Å². The van der Waals surface area contributed by atoms with Gasteiger partial charge in [-0.15, -0.1) is 0 Å². The monoisotopic (exact) mass is 414 g/mol. The summed E-state index contributed by atoms with van der Waals surface area (Å²) >= 11 is 6.76. The van der Waals surface area contributed by atoms with Crippen LogP contribution in [0.4, 0.5) is 15.8 Å². The molecular formula is C16H17Br2FN2. The number of anilines is 2. The second-order valence-electron chi connectivity index (χ2n) is 5.09. The van der Waals surface area contributed by atoms with Crippen LogP contribution in [0.3, 0.4) is 0 Å². The third-order valence-corrected chi connectivity index (χ3v) is 4.23. The van der Waals surface area contributed by atoms with Crippen LogP contribution in [0.1, 0.15) is 18.5 Å². The molecule has 2 aromatic carbocycles. The first-order valence-corrected chi connectivity index (χ1v) is 8.15. The molecule has 1 N–H and O–H groups in total. The molecule has 1 atom stereocenters. The van der Waals surface area contributed by atoms with Crippen molar-refractivity contribution in [3.05, 3.63) is 56.7 Å². The van der Waals surface area contributed by atoms with Crippen molar-refractivity contribution in [1.82, 2.24) is 0 Å². The van der Waals surface area contributed by atoms with Crippen molar-refractivity contribution < 1.29 is 4.39 Å². The Morgan fingerprint density at radius 2 is 1.67 bits per heavy atom. The SMILES string of the molecule is CC(Nc1cc(Br)ccc1N(C)C)c1ccc(Br)cc1F. The Labute approximate surface area is 141 Å². The summed E-state index contributed by atoms with van der Waals surface area (Å²) < 4.78 is 15.8. The normalized spacial score (nSPS) is 12.1. The van der Waals surface area contributed by atoms with E-state index in [2.05, 4.69) is 37.2 Å². The second kappa shape index (κ2) is 6.79. The fraction of sp³-hybridized carbons (Fsp3) is 0.250. The van der Waals surface area contributed by atoms with Crippen molar-refractivity contribution in [3.8, 4) is 0 Å². The van der Waals surface area contributed by atoms with Crippen LogP contribution in [0.15, 0.2) is 45.3 Å². The topological polar surface area (TPSA) is 15.3 Å². The van der Waals surface area contributed by atoms with E-state index in [1.54, 1.807) is 6.07 Å². The molecule has 0 heterocycles. The largest absolute Gasteiger partial charge is 0.377 e. The number of nitrogens with zero attached hydrogens (tertiary/aromatic N) is 1. The lowest BCUT2D eigenvalue weighted by Crippen LogP contribution is -2.14. The number of halogens is 3. The first-order chi connectivity index (χ1) is 9.88. The Hall–Kier alpha value is -1.07. The Morgan fingerprint density at radius 1 is 1.05 bits per heavy atom. The van der Waals surface area contributed by atoms with Gasteiger partial charge in [-0.1, -0.05) is 37.9 Å². The molecule has 112 valence electrons. The fourth-order valence-corrected chi connectivity index (χ4v) is 2.87. The lowest BCUT2D eigenvalue weighted by atomic mass is 10.1. The van der Waals surface area contributed by atoms with Gasteiger partial charge in [-0.05, 0) is 37.3 Å². The summed E-state index contributed by atoms with van der Waals surface area (Å²) in [5, 5.41) is 3.38. The van der Waals surface area contributed by atoms with Crippen LogP contribution in [-0.4, -0.2) is 14.1 Å². The van der Waals surface area contributed by atoms with Gasteiger partial charge in [-0.3, -0.25) is 0 Å². The molecule has 5 heteroatoms. The molecule has 0 aromatic heterocycles. The highest BCUT2D eigenvalue weighted by atomic mass is 79.9. The molecule has 0 aliphatic rings. The average Bonchev–Trinajstić information content (AvgIpc) is 2.37. The molecule has 2 rings (SSSR count). The van der Waals surface area contributed by atoms with Crippen LogP contribution in [0.25, 0.3) is 0 Å². The van der Waals surface area contributed by atoms with E-state index in [1.165, 1.54) is 6.07 Å². The smallest absolute Gasteiger partial charge is 0.129 e. The molecule has 0 fully saturated rings. The molecule has 21 heavy (non-hydrogen) atoms. The van der Waals surface area contributed by atoms with Gasteiger partial charge in [0.05, 0.1) is 17.4 Å². The minimum atomic E-state index is -0.217. The molecule has 0 saturated heterocycles. The predicted molar refractivity (Wildman–Crippen MR) is 94.6 cm³/mol. The maximum atomic E-state index is 14.1. The molecule has 1 unspecified atom stereocenters. The van der Waals surface area contributed by atoms with Crippen molar-refractivity contribution >= 4 is 43.2 Å². The third-order valence-electron chi connectivity index (χ3n) is 3.24. The standard InChI is InChI=1S/C16H17Br2FN2/c1-10(13-6-4-11(17)8-14(13)19)20-15-9-12(18)5-7-16(15)21(2)3/h4-10,20H,1-3H3. The summed E-state index contributed by atoms with van der Waals surface area (Å²) in [5.41, 5.74) is 2.66. The summed E-state index contributed by atoms with van der Waals surface area (Å²) in [4.78, 5) is 2.03. The number of nitrogens with one attached hydrogen (secondary N) is 1. The van der Waals surface area contributed by atoms with Gasteiger partial charge in [0.2, 0.25) is 0 Å². The van der Waals surface area contributed by atoms with E-state index in [9.17, 15) is 4.39 Å². The highest BCUT2D eigenvalue weighted by molar-refractivity contribution is 9.10. The zero-order valence-corrected chi connectivity index (χ0v) is 15.3. The predicted octanol–water partition coefficient (Wildman–Crippen LogP) is 5.59. The summed E-state index contributed by atoms with van der Waals surface area (Å²) in [5.74, 6) is -0.217. The number of hydrogen-bond donors (Lipinski definition) is 1. The van der Waals surface area contributed by atoms with Gasteiger partial charge in [-0.25, -0.2) is 4.39 Å². The molecule has 0 spiro atoms. The van der Waals surface area contributed by atoms with Crippen LogP contribution in [0.2, 0.25) is 0 Å². The van der Waals surface area contributed by atoms with E-state index in [0.29, 0.717) is 5.56 Å². The van der Waals surface area contributed by atoms with Crippen LogP contribution in [0.5, 0.6) is 0 Å². The molecule has 0 aliphatic heterocycles. The minimum Gasteiger partial charge on any atom is -0.377 e. The van der Waals surface area contributed by atoms with Gasteiger partial charge in [0.1, 0.15) is 5.82 Å². The van der Waals surface area contributed by atoms with Crippen molar-refractivity contribution in [2.24, 2.45) is 0 Å². The lowest BCUT2D eigenvalue weighted by Gasteiger charge is -2.23. The minimum absolute atomic E-state index is 0.133. The first kappa shape index (κ1) is 16.3. The fourth-order valence-electron chi connectivity index (χ4n) is 2.18. The molecule has 0 radical (unpaired) electrons.